The third-order valence-electron chi connectivity index (χ3n) is 7.48. The van der Waals surface area contributed by atoms with Crippen molar-refractivity contribution in [1.29, 1.82) is 0 Å². The molecule has 2 fully saturated rings. The number of phenolic OH excluding ortho intramolecular Hbond substituents is 1. The Morgan fingerprint density at radius 2 is 1.73 bits per heavy atom. The molecule has 0 saturated carbocycles. The Morgan fingerprint density at radius 3 is 2.39 bits per heavy atom. The number of carbonyl (C=O) groups excluding carboxylic acids is 1. The molecule has 0 atom stereocenters. The van der Waals surface area contributed by atoms with Crippen LogP contribution in [0.2, 0.25) is 5.02 Å². The second-order valence-electron chi connectivity index (χ2n) is 10.5. The number of anilines is 3. The van der Waals surface area contributed by atoms with Gasteiger partial charge in [-0.1, -0.05) is 17.7 Å². The number of ether oxygens (including phenoxy) is 1. The van der Waals surface area contributed by atoms with E-state index in [9.17, 15) is 9.90 Å². The van der Waals surface area contributed by atoms with E-state index in [0.29, 0.717) is 59.3 Å². The van der Waals surface area contributed by atoms with Crippen LogP contribution in [-0.2, 0) is 9.53 Å². The van der Waals surface area contributed by atoms with Gasteiger partial charge in [-0.15, -0.1) is 0 Å². The molecule has 0 aliphatic carbocycles. The van der Waals surface area contributed by atoms with Crippen molar-refractivity contribution in [2.45, 2.75) is 0 Å². The molecular weight excluding hydrogens is 547 g/mol. The maximum absolute atomic E-state index is 15.1. The molecule has 41 heavy (non-hydrogen) atoms. The van der Waals surface area contributed by atoms with Gasteiger partial charge in [0.2, 0.25) is 6.41 Å². The van der Waals surface area contributed by atoms with Gasteiger partial charge in [0.1, 0.15) is 11.6 Å². The molecule has 2 saturated heterocycles. The molecule has 0 radical (unpaired) electrons. The summed E-state index contributed by atoms with van der Waals surface area (Å²) >= 11 is 6.59. The van der Waals surface area contributed by atoms with Crippen molar-refractivity contribution in [2.24, 2.45) is 0 Å². The van der Waals surface area contributed by atoms with Crippen LogP contribution in [0.15, 0.2) is 42.6 Å². The van der Waals surface area contributed by atoms with E-state index in [1.807, 2.05) is 25.1 Å². The summed E-state index contributed by atoms with van der Waals surface area (Å²) in [5.74, 6) is 0.308. The number of nitrogens with one attached hydrogen (secondary N) is 1. The Morgan fingerprint density at radius 1 is 1.02 bits per heavy atom. The maximum atomic E-state index is 15.1. The number of pyridine rings is 1. The fraction of sp³-hybridized carbons (Fsp3) is 0.400. The number of carbonyl (C=O) groups is 1. The van der Waals surface area contributed by atoms with E-state index in [-0.39, 0.29) is 5.75 Å². The van der Waals surface area contributed by atoms with Gasteiger partial charge in [0.25, 0.3) is 0 Å². The lowest BCUT2D eigenvalue weighted by Crippen LogP contribution is -2.45. The number of aromatic hydroxyl groups is 1. The number of morpholine rings is 1. The van der Waals surface area contributed by atoms with Crippen LogP contribution >= 0.6 is 11.6 Å². The van der Waals surface area contributed by atoms with Crippen LogP contribution in [0, 0.1) is 5.82 Å². The molecule has 2 aliphatic heterocycles. The van der Waals surface area contributed by atoms with Crippen molar-refractivity contribution in [2.75, 3.05) is 94.4 Å². The van der Waals surface area contributed by atoms with E-state index in [1.165, 1.54) is 17.0 Å². The highest BCUT2D eigenvalue weighted by Gasteiger charge is 2.24. The lowest BCUT2D eigenvalue weighted by molar-refractivity contribution is -0.107. The largest absolute Gasteiger partial charge is 0.507 e. The zero-order valence-electron chi connectivity index (χ0n) is 23.4. The van der Waals surface area contributed by atoms with Crippen molar-refractivity contribution < 1.29 is 19.0 Å². The molecule has 3 aromatic rings. The van der Waals surface area contributed by atoms with Crippen molar-refractivity contribution in [1.82, 2.24) is 15.2 Å². The topological polar surface area (TPSA) is 84.4 Å². The summed E-state index contributed by atoms with van der Waals surface area (Å²) in [6, 6.07) is 9.71. The minimum Gasteiger partial charge on any atom is -0.507 e. The van der Waals surface area contributed by atoms with E-state index in [2.05, 4.69) is 15.1 Å². The molecule has 2 aromatic carbocycles. The Hall–Kier alpha value is -3.44. The quantitative estimate of drug-likeness (QED) is 0.370. The number of nitrogens with zero attached hydrogens (tertiary/aromatic N) is 5. The number of halogens is 2. The molecule has 0 spiro atoms. The maximum Gasteiger partial charge on any atom is 0.214 e. The zero-order valence-corrected chi connectivity index (χ0v) is 24.2. The van der Waals surface area contributed by atoms with Crippen LogP contribution in [0.4, 0.5) is 21.6 Å². The van der Waals surface area contributed by atoms with Crippen LogP contribution in [-0.4, -0.2) is 101 Å². The number of hydrogen-bond acceptors (Lipinski definition) is 8. The van der Waals surface area contributed by atoms with Gasteiger partial charge in [-0.25, -0.2) is 9.37 Å². The van der Waals surface area contributed by atoms with Gasteiger partial charge in [-0.2, -0.15) is 0 Å². The second-order valence-corrected chi connectivity index (χ2v) is 10.9. The van der Waals surface area contributed by atoms with E-state index < -0.39 is 5.82 Å². The van der Waals surface area contributed by atoms with E-state index >= 15 is 4.39 Å². The first-order valence-electron chi connectivity index (χ1n) is 13.8. The molecule has 218 valence electrons. The highest BCUT2D eigenvalue weighted by atomic mass is 35.5. The Balaban J connectivity index is 1.52. The lowest BCUT2D eigenvalue weighted by Gasteiger charge is -2.35. The van der Waals surface area contributed by atoms with Crippen LogP contribution in [0.25, 0.3) is 22.3 Å². The fourth-order valence-corrected chi connectivity index (χ4v) is 5.52. The third-order valence-corrected chi connectivity index (χ3v) is 7.79. The summed E-state index contributed by atoms with van der Waals surface area (Å²) < 4.78 is 20.6. The summed E-state index contributed by atoms with van der Waals surface area (Å²) in [5, 5.41) is 15.2. The minimum atomic E-state index is -0.491. The van der Waals surface area contributed by atoms with Crippen molar-refractivity contribution in [3.05, 3.63) is 53.4 Å². The Labute approximate surface area is 245 Å². The summed E-state index contributed by atoms with van der Waals surface area (Å²) in [5.41, 5.74) is 3.31. The first kappa shape index (κ1) is 29.1. The molecular formula is C30H36ClFN6O3. The van der Waals surface area contributed by atoms with Gasteiger partial charge in [0, 0.05) is 75.2 Å². The number of piperazine rings is 1. The number of amides is 1. The van der Waals surface area contributed by atoms with Crippen LogP contribution < -0.4 is 20.0 Å². The molecule has 2 N–H and O–H groups in total. The minimum absolute atomic E-state index is 0.0674. The van der Waals surface area contributed by atoms with E-state index in [1.54, 1.807) is 24.4 Å². The first-order chi connectivity index (χ1) is 19.9. The molecule has 0 unspecified atom stereocenters. The van der Waals surface area contributed by atoms with Crippen molar-refractivity contribution in [3.63, 3.8) is 0 Å². The van der Waals surface area contributed by atoms with Crippen molar-refractivity contribution in [3.8, 4) is 28.0 Å². The fourth-order valence-electron chi connectivity index (χ4n) is 5.23. The third kappa shape index (κ3) is 6.56. The highest BCUT2D eigenvalue weighted by Crippen LogP contribution is 2.42. The number of hydrogen-bond donors (Lipinski definition) is 2. The van der Waals surface area contributed by atoms with Crippen LogP contribution in [0.1, 0.15) is 0 Å². The van der Waals surface area contributed by atoms with Gasteiger partial charge in [-0.05, 0) is 50.0 Å². The van der Waals surface area contributed by atoms with Gasteiger partial charge in [0.15, 0.2) is 5.82 Å². The second kappa shape index (κ2) is 13.0. The van der Waals surface area contributed by atoms with E-state index in [4.69, 9.17) is 21.3 Å². The monoisotopic (exact) mass is 582 g/mol. The average molecular weight is 583 g/mol. The average Bonchev–Trinajstić information content (AvgIpc) is 2.99. The van der Waals surface area contributed by atoms with E-state index in [0.717, 1.165) is 57.2 Å². The van der Waals surface area contributed by atoms with Gasteiger partial charge < -0.3 is 34.8 Å². The first-order valence-corrected chi connectivity index (χ1v) is 14.2. The summed E-state index contributed by atoms with van der Waals surface area (Å²) in [7, 11) is 3.85. The summed E-state index contributed by atoms with van der Waals surface area (Å²) in [6.07, 6.45) is 2.43. The summed E-state index contributed by atoms with van der Waals surface area (Å²) in [4.78, 5) is 24.6. The predicted molar refractivity (Wildman–Crippen MR) is 162 cm³/mol. The Bertz CT molecular complexity index is 1380. The normalized spacial score (nSPS) is 15.8. The molecule has 11 heteroatoms. The Kier molecular flexibility index (Phi) is 9.24. The number of rotatable bonds is 9. The zero-order chi connectivity index (χ0) is 28.9. The molecule has 0 bridgehead atoms. The molecule has 1 amide bonds. The van der Waals surface area contributed by atoms with Crippen LogP contribution in [0.5, 0.6) is 5.75 Å². The SMILES string of the molecule is CN(C)CCN(C=O)c1ccc(-c2cc(F)cc(-c3cnc(N4CCOCC4)c(N4CCNCC4)c3)c2O)cc1Cl. The molecule has 2 aliphatic rings. The van der Waals surface area contributed by atoms with Crippen LogP contribution in [0.3, 0.4) is 0 Å². The molecule has 9 nitrogen and oxygen atoms in total. The smallest absolute Gasteiger partial charge is 0.214 e. The number of phenols is 1. The van der Waals surface area contributed by atoms with Gasteiger partial charge >= 0.3 is 0 Å². The number of benzene rings is 2. The summed E-state index contributed by atoms with van der Waals surface area (Å²) in [6.45, 7) is 7.25. The number of aromatic nitrogens is 1. The molecule has 5 rings (SSSR count). The predicted octanol–water partition coefficient (Wildman–Crippen LogP) is 3.68. The highest BCUT2D eigenvalue weighted by molar-refractivity contribution is 6.34. The van der Waals surface area contributed by atoms with Gasteiger partial charge in [-0.3, -0.25) is 4.79 Å². The van der Waals surface area contributed by atoms with Gasteiger partial charge in [0.05, 0.1) is 29.6 Å². The van der Waals surface area contributed by atoms with Crippen molar-refractivity contribution >= 4 is 35.2 Å². The molecule has 3 heterocycles. The standard InChI is InChI=1S/C30H36ClFN6O3/c1-35(2)9-10-38(20-39)27-4-3-21(15-26(27)31)24-17-23(32)18-25(29(24)40)22-16-28(36-7-5-33-6-8-36)30(34-19-22)37-11-13-41-14-12-37/h3-4,15-20,33,40H,5-14H2,1-2H3. The number of likely N-dealkylation sites (N-methyl/N-ethyl adjacent to an activating group) is 1. The lowest BCUT2D eigenvalue weighted by atomic mass is 9.97. The molecule has 1 aromatic heterocycles.